The number of hydrogen-bond donors (Lipinski definition) is 2. The maximum Gasteiger partial charge on any atom is 0.331 e. The number of amides is 3. The molecular weight excluding hydrogens is 262 g/mol. The average Bonchev–Trinajstić information content (AvgIpc) is 2.36. The van der Waals surface area contributed by atoms with Crippen LogP contribution in [0.4, 0.5) is 4.79 Å². The van der Waals surface area contributed by atoms with Crippen LogP contribution in [0.1, 0.15) is 20.8 Å². The molecule has 1 fully saturated rings. The minimum atomic E-state index is -1.17. The van der Waals surface area contributed by atoms with E-state index in [1.165, 1.54) is 13.8 Å². The average molecular weight is 283 g/mol. The zero-order chi connectivity index (χ0) is 15.4. The van der Waals surface area contributed by atoms with Gasteiger partial charge < -0.3 is 14.9 Å². The molecule has 0 aliphatic carbocycles. The SMILES string of the molecule is CC(C(=O)O)=C(C)C(=O)NC(=O)N1CCN(C)CC1C. The van der Waals surface area contributed by atoms with Crippen LogP contribution in [0.3, 0.4) is 0 Å². The summed E-state index contributed by atoms with van der Waals surface area (Å²) in [4.78, 5) is 38.3. The lowest BCUT2D eigenvalue weighted by atomic mass is 10.1. The van der Waals surface area contributed by atoms with Gasteiger partial charge in [-0.3, -0.25) is 10.1 Å². The highest BCUT2D eigenvalue weighted by atomic mass is 16.4. The molecule has 0 spiro atoms. The number of imide groups is 1. The molecule has 0 aromatic heterocycles. The van der Waals surface area contributed by atoms with Gasteiger partial charge in [0.2, 0.25) is 0 Å². The van der Waals surface area contributed by atoms with Crippen molar-refractivity contribution < 1.29 is 19.5 Å². The van der Waals surface area contributed by atoms with Crippen molar-refractivity contribution in [1.82, 2.24) is 15.1 Å². The van der Waals surface area contributed by atoms with Crippen LogP contribution in [0.2, 0.25) is 0 Å². The Morgan fingerprint density at radius 2 is 1.75 bits per heavy atom. The van der Waals surface area contributed by atoms with E-state index in [2.05, 4.69) is 10.2 Å². The minimum Gasteiger partial charge on any atom is -0.478 e. The van der Waals surface area contributed by atoms with E-state index < -0.39 is 17.9 Å². The number of likely N-dealkylation sites (N-methyl/N-ethyl adjacent to an activating group) is 1. The molecule has 112 valence electrons. The van der Waals surface area contributed by atoms with E-state index >= 15 is 0 Å². The highest BCUT2D eigenvalue weighted by Crippen LogP contribution is 2.09. The van der Waals surface area contributed by atoms with Gasteiger partial charge in [-0.1, -0.05) is 0 Å². The number of nitrogens with one attached hydrogen (secondary N) is 1. The highest BCUT2D eigenvalue weighted by Gasteiger charge is 2.27. The van der Waals surface area contributed by atoms with Crippen molar-refractivity contribution >= 4 is 17.9 Å². The van der Waals surface area contributed by atoms with Gasteiger partial charge in [-0.2, -0.15) is 0 Å². The molecule has 7 heteroatoms. The van der Waals surface area contributed by atoms with Gasteiger partial charge in [0.25, 0.3) is 5.91 Å². The predicted molar refractivity (Wildman–Crippen MR) is 73.2 cm³/mol. The second kappa shape index (κ2) is 6.51. The molecule has 1 saturated heterocycles. The van der Waals surface area contributed by atoms with Crippen LogP contribution < -0.4 is 5.32 Å². The van der Waals surface area contributed by atoms with Gasteiger partial charge in [-0.25, -0.2) is 9.59 Å². The third-order valence-electron chi connectivity index (χ3n) is 3.54. The fraction of sp³-hybridized carbons (Fsp3) is 0.615. The molecule has 2 N–H and O–H groups in total. The number of aliphatic carboxylic acids is 1. The van der Waals surface area contributed by atoms with Crippen molar-refractivity contribution in [1.29, 1.82) is 0 Å². The van der Waals surface area contributed by atoms with E-state index in [-0.39, 0.29) is 17.2 Å². The summed E-state index contributed by atoms with van der Waals surface area (Å²) in [5.41, 5.74) is -0.0330. The van der Waals surface area contributed by atoms with Gasteiger partial charge in [0.1, 0.15) is 0 Å². The first-order chi connectivity index (χ1) is 9.23. The lowest BCUT2D eigenvalue weighted by molar-refractivity contribution is -0.133. The first-order valence-electron chi connectivity index (χ1n) is 6.45. The van der Waals surface area contributed by atoms with Crippen molar-refractivity contribution in [2.24, 2.45) is 0 Å². The van der Waals surface area contributed by atoms with Crippen LogP contribution in [-0.2, 0) is 9.59 Å². The largest absolute Gasteiger partial charge is 0.478 e. The van der Waals surface area contributed by atoms with Crippen molar-refractivity contribution in [3.05, 3.63) is 11.1 Å². The molecule has 1 heterocycles. The lowest BCUT2D eigenvalue weighted by Gasteiger charge is -2.37. The molecule has 0 aromatic rings. The molecule has 0 saturated carbocycles. The summed E-state index contributed by atoms with van der Waals surface area (Å²) < 4.78 is 0. The Morgan fingerprint density at radius 3 is 2.25 bits per heavy atom. The first kappa shape index (κ1) is 16.2. The fourth-order valence-corrected chi connectivity index (χ4v) is 2.03. The van der Waals surface area contributed by atoms with Crippen LogP contribution in [0.15, 0.2) is 11.1 Å². The maximum absolute atomic E-state index is 12.0. The Morgan fingerprint density at radius 1 is 1.15 bits per heavy atom. The third kappa shape index (κ3) is 3.80. The monoisotopic (exact) mass is 283 g/mol. The van der Waals surface area contributed by atoms with E-state index in [1.54, 1.807) is 4.90 Å². The molecule has 1 unspecified atom stereocenters. The number of hydrogen-bond acceptors (Lipinski definition) is 4. The minimum absolute atomic E-state index is 0.00593. The van der Waals surface area contributed by atoms with Crippen LogP contribution in [-0.4, -0.2) is 65.5 Å². The summed E-state index contributed by atoms with van der Waals surface area (Å²) in [6.45, 7) is 6.65. The fourth-order valence-electron chi connectivity index (χ4n) is 2.03. The number of piperazine rings is 1. The van der Waals surface area contributed by atoms with Gasteiger partial charge in [-0.15, -0.1) is 0 Å². The topological polar surface area (TPSA) is 89.9 Å². The summed E-state index contributed by atoms with van der Waals surface area (Å²) in [5, 5.41) is 11.1. The predicted octanol–water partition coefficient (Wildman–Crippen LogP) is 0.280. The molecule has 0 radical (unpaired) electrons. The summed E-state index contributed by atoms with van der Waals surface area (Å²) in [6.07, 6.45) is 0. The first-order valence-corrected chi connectivity index (χ1v) is 6.45. The number of rotatable bonds is 2. The van der Waals surface area contributed by atoms with E-state index in [1.807, 2.05) is 14.0 Å². The normalized spacial score (nSPS) is 21.2. The number of urea groups is 1. The van der Waals surface area contributed by atoms with Gasteiger partial charge in [-0.05, 0) is 27.8 Å². The standard InChI is InChI=1S/C13H21N3O4/c1-8-7-15(4)5-6-16(8)13(20)14-11(17)9(2)10(3)12(18)19/h8H,5-7H2,1-4H3,(H,18,19)(H,14,17,20). The van der Waals surface area contributed by atoms with Gasteiger partial charge in [0, 0.05) is 36.8 Å². The van der Waals surface area contributed by atoms with Gasteiger partial charge in [0.15, 0.2) is 0 Å². The second-order valence-corrected chi connectivity index (χ2v) is 5.12. The molecule has 1 rings (SSSR count). The molecule has 1 atom stereocenters. The molecular formula is C13H21N3O4. The molecule has 0 bridgehead atoms. The summed E-state index contributed by atoms with van der Waals surface area (Å²) in [5.74, 6) is -1.83. The zero-order valence-electron chi connectivity index (χ0n) is 12.3. The number of carboxylic acid groups (broad SMARTS) is 1. The maximum atomic E-state index is 12.0. The molecule has 20 heavy (non-hydrogen) atoms. The Balaban J connectivity index is 2.69. The molecule has 3 amide bonds. The number of carbonyl (C=O) groups is 3. The Kier molecular flexibility index (Phi) is 5.26. The van der Waals surface area contributed by atoms with Crippen LogP contribution in [0.5, 0.6) is 0 Å². The molecule has 0 aromatic carbocycles. The summed E-state index contributed by atoms with van der Waals surface area (Å²) in [6, 6.07) is -0.473. The molecule has 7 nitrogen and oxygen atoms in total. The van der Waals surface area contributed by atoms with E-state index in [0.29, 0.717) is 6.54 Å². The van der Waals surface area contributed by atoms with E-state index in [9.17, 15) is 14.4 Å². The highest BCUT2D eigenvalue weighted by molar-refractivity contribution is 6.07. The molecule has 1 aliphatic rings. The van der Waals surface area contributed by atoms with Crippen LogP contribution in [0, 0.1) is 0 Å². The number of carbonyl (C=O) groups excluding carboxylic acids is 2. The smallest absolute Gasteiger partial charge is 0.331 e. The van der Waals surface area contributed by atoms with Gasteiger partial charge in [0.05, 0.1) is 0 Å². The Hall–Kier alpha value is -1.89. The van der Waals surface area contributed by atoms with Crippen molar-refractivity contribution in [2.45, 2.75) is 26.8 Å². The number of nitrogens with zero attached hydrogens (tertiary/aromatic N) is 2. The van der Waals surface area contributed by atoms with Crippen LogP contribution in [0.25, 0.3) is 0 Å². The third-order valence-corrected chi connectivity index (χ3v) is 3.54. The van der Waals surface area contributed by atoms with E-state index in [0.717, 1.165) is 13.1 Å². The second-order valence-electron chi connectivity index (χ2n) is 5.12. The van der Waals surface area contributed by atoms with Crippen molar-refractivity contribution in [3.8, 4) is 0 Å². The zero-order valence-corrected chi connectivity index (χ0v) is 12.3. The van der Waals surface area contributed by atoms with Gasteiger partial charge >= 0.3 is 12.0 Å². The quantitative estimate of drug-likeness (QED) is 0.710. The lowest BCUT2D eigenvalue weighted by Crippen LogP contribution is -2.56. The van der Waals surface area contributed by atoms with Crippen molar-refractivity contribution in [2.75, 3.05) is 26.7 Å². The van der Waals surface area contributed by atoms with E-state index in [4.69, 9.17) is 5.11 Å². The Labute approximate surface area is 118 Å². The number of carboxylic acids is 1. The Bertz CT molecular complexity index is 459. The summed E-state index contributed by atoms with van der Waals surface area (Å²) in [7, 11) is 1.97. The van der Waals surface area contributed by atoms with Crippen molar-refractivity contribution in [3.63, 3.8) is 0 Å². The summed E-state index contributed by atoms with van der Waals surface area (Å²) >= 11 is 0. The molecule has 1 aliphatic heterocycles. The van der Waals surface area contributed by atoms with Crippen LogP contribution >= 0.6 is 0 Å².